The van der Waals surface area contributed by atoms with Crippen LogP contribution in [0.3, 0.4) is 0 Å². The van der Waals surface area contributed by atoms with Gasteiger partial charge in [0, 0.05) is 6.54 Å². The van der Waals surface area contributed by atoms with E-state index in [-0.39, 0.29) is 0 Å². The number of rotatable bonds is 3. The van der Waals surface area contributed by atoms with Crippen molar-refractivity contribution in [2.45, 2.75) is 25.8 Å². The topological polar surface area (TPSA) is 72.9 Å². The second kappa shape index (κ2) is 4.36. The molecule has 14 heavy (non-hydrogen) atoms. The highest BCUT2D eigenvalue weighted by Crippen LogP contribution is 2.08. The molecule has 6 nitrogen and oxygen atoms in total. The van der Waals surface area contributed by atoms with Crippen molar-refractivity contribution in [2.75, 3.05) is 25.4 Å². The summed E-state index contributed by atoms with van der Waals surface area (Å²) < 4.78 is 1.65. The number of aromatic nitrogens is 4. The summed E-state index contributed by atoms with van der Waals surface area (Å²) in [5.41, 5.74) is 5.56. The second-order valence-electron chi connectivity index (χ2n) is 3.66. The first-order valence-electron chi connectivity index (χ1n) is 5.10. The summed E-state index contributed by atoms with van der Waals surface area (Å²) in [7, 11) is 0. The van der Waals surface area contributed by atoms with Gasteiger partial charge in [0.2, 0.25) is 5.95 Å². The number of nitrogen functional groups attached to an aromatic ring is 1. The predicted octanol–water partition coefficient (Wildman–Crippen LogP) is -0.259. The fraction of sp³-hybridized carbons (Fsp3) is 0.875. The van der Waals surface area contributed by atoms with E-state index in [4.69, 9.17) is 5.73 Å². The molecule has 6 heteroatoms. The Kier molecular flexibility index (Phi) is 2.93. The summed E-state index contributed by atoms with van der Waals surface area (Å²) >= 11 is 0. The highest BCUT2D eigenvalue weighted by Gasteiger charge is 2.10. The molecule has 2 heterocycles. The van der Waals surface area contributed by atoms with Crippen LogP contribution in [0.25, 0.3) is 0 Å². The zero-order valence-electron chi connectivity index (χ0n) is 8.26. The molecule has 0 aliphatic carbocycles. The van der Waals surface area contributed by atoms with Crippen LogP contribution in [0.5, 0.6) is 0 Å². The number of nitrogens with zero attached hydrogens (tertiary/aromatic N) is 5. The van der Waals surface area contributed by atoms with Crippen LogP contribution in [-0.4, -0.2) is 44.7 Å². The number of likely N-dealkylation sites (tertiary alicyclic amines) is 1. The third kappa shape index (κ3) is 2.20. The number of anilines is 1. The van der Waals surface area contributed by atoms with Gasteiger partial charge in [-0.25, -0.2) is 4.68 Å². The van der Waals surface area contributed by atoms with E-state index in [1.165, 1.54) is 32.4 Å². The summed E-state index contributed by atoms with van der Waals surface area (Å²) in [5.74, 6) is 0.405. The lowest BCUT2D eigenvalue weighted by Crippen LogP contribution is -2.33. The monoisotopic (exact) mass is 196 g/mol. The highest BCUT2D eigenvalue weighted by molar-refractivity contribution is 5.09. The summed E-state index contributed by atoms with van der Waals surface area (Å²) in [4.78, 5) is 2.44. The molecule has 78 valence electrons. The minimum atomic E-state index is 0.405. The van der Waals surface area contributed by atoms with E-state index in [0.717, 1.165) is 13.1 Å². The van der Waals surface area contributed by atoms with E-state index in [1.54, 1.807) is 4.68 Å². The number of hydrogen-bond acceptors (Lipinski definition) is 5. The van der Waals surface area contributed by atoms with Crippen molar-refractivity contribution in [2.24, 2.45) is 0 Å². The van der Waals surface area contributed by atoms with Gasteiger partial charge in [-0.1, -0.05) is 11.5 Å². The van der Waals surface area contributed by atoms with Gasteiger partial charge < -0.3 is 10.6 Å². The van der Waals surface area contributed by atoms with Crippen molar-refractivity contribution in [3.8, 4) is 0 Å². The van der Waals surface area contributed by atoms with Gasteiger partial charge in [-0.2, -0.15) is 0 Å². The Morgan fingerprint density at radius 2 is 1.93 bits per heavy atom. The lowest BCUT2D eigenvalue weighted by Gasteiger charge is -2.25. The van der Waals surface area contributed by atoms with Crippen LogP contribution in [-0.2, 0) is 6.54 Å². The average Bonchev–Trinajstić information content (AvgIpc) is 2.63. The van der Waals surface area contributed by atoms with Gasteiger partial charge in [-0.15, -0.1) is 0 Å². The minimum absolute atomic E-state index is 0.405. The Hall–Kier alpha value is -1.17. The molecule has 0 spiro atoms. The van der Waals surface area contributed by atoms with Crippen LogP contribution in [0, 0.1) is 0 Å². The molecule has 0 aromatic carbocycles. The van der Waals surface area contributed by atoms with Crippen molar-refractivity contribution < 1.29 is 0 Å². The molecule has 0 bridgehead atoms. The Bertz CT molecular complexity index is 277. The Balaban J connectivity index is 1.79. The maximum Gasteiger partial charge on any atom is 0.240 e. The molecule has 1 saturated heterocycles. The SMILES string of the molecule is Nc1nnnn1CCN1CCCCC1. The van der Waals surface area contributed by atoms with Gasteiger partial charge in [-0.05, 0) is 36.4 Å². The molecule has 2 N–H and O–H groups in total. The lowest BCUT2D eigenvalue weighted by atomic mass is 10.1. The molecule has 0 saturated carbocycles. The predicted molar refractivity (Wildman–Crippen MR) is 52.5 cm³/mol. The maximum absolute atomic E-state index is 5.56. The van der Waals surface area contributed by atoms with Crippen LogP contribution in [0.2, 0.25) is 0 Å². The van der Waals surface area contributed by atoms with E-state index < -0.39 is 0 Å². The third-order valence-corrected chi connectivity index (χ3v) is 2.64. The van der Waals surface area contributed by atoms with Gasteiger partial charge >= 0.3 is 0 Å². The number of piperidine rings is 1. The molecule has 1 aliphatic heterocycles. The van der Waals surface area contributed by atoms with Crippen molar-refractivity contribution in [3.63, 3.8) is 0 Å². The fourth-order valence-corrected chi connectivity index (χ4v) is 1.79. The zero-order valence-corrected chi connectivity index (χ0v) is 8.26. The molecule has 0 amide bonds. The van der Waals surface area contributed by atoms with Crippen molar-refractivity contribution >= 4 is 5.95 Å². The van der Waals surface area contributed by atoms with Gasteiger partial charge in [0.25, 0.3) is 0 Å². The molecular weight excluding hydrogens is 180 g/mol. The molecule has 1 aromatic rings. The first-order valence-corrected chi connectivity index (χ1v) is 5.10. The van der Waals surface area contributed by atoms with E-state index in [9.17, 15) is 0 Å². The summed E-state index contributed by atoms with van der Waals surface area (Å²) in [5, 5.41) is 11.0. The van der Waals surface area contributed by atoms with Crippen molar-refractivity contribution in [1.29, 1.82) is 0 Å². The lowest BCUT2D eigenvalue weighted by molar-refractivity contribution is 0.218. The minimum Gasteiger partial charge on any atom is -0.367 e. The first-order chi connectivity index (χ1) is 6.86. The number of hydrogen-bond donors (Lipinski definition) is 1. The van der Waals surface area contributed by atoms with E-state index in [0.29, 0.717) is 5.95 Å². The van der Waals surface area contributed by atoms with Gasteiger partial charge in [-0.3, -0.25) is 0 Å². The van der Waals surface area contributed by atoms with E-state index in [2.05, 4.69) is 20.4 Å². The Morgan fingerprint density at radius 3 is 2.57 bits per heavy atom. The fourth-order valence-electron chi connectivity index (χ4n) is 1.79. The molecule has 0 radical (unpaired) electrons. The van der Waals surface area contributed by atoms with Crippen LogP contribution in [0.1, 0.15) is 19.3 Å². The summed E-state index contributed by atoms with van der Waals surface area (Å²) in [6, 6.07) is 0. The smallest absolute Gasteiger partial charge is 0.240 e. The van der Waals surface area contributed by atoms with Crippen LogP contribution < -0.4 is 5.73 Å². The molecule has 1 fully saturated rings. The molecule has 0 unspecified atom stereocenters. The second-order valence-corrected chi connectivity index (χ2v) is 3.66. The summed E-state index contributed by atoms with van der Waals surface area (Å²) in [6.07, 6.45) is 3.99. The molecule has 0 atom stereocenters. The first kappa shape index (κ1) is 9.39. The number of tetrazole rings is 1. The Morgan fingerprint density at radius 1 is 1.14 bits per heavy atom. The molecule has 2 rings (SSSR count). The number of nitrogens with two attached hydrogens (primary N) is 1. The third-order valence-electron chi connectivity index (χ3n) is 2.64. The van der Waals surface area contributed by atoms with Gasteiger partial charge in [0.1, 0.15) is 0 Å². The van der Waals surface area contributed by atoms with Crippen molar-refractivity contribution in [1.82, 2.24) is 25.1 Å². The largest absolute Gasteiger partial charge is 0.367 e. The molecular formula is C8H16N6. The van der Waals surface area contributed by atoms with E-state index >= 15 is 0 Å². The quantitative estimate of drug-likeness (QED) is 0.721. The van der Waals surface area contributed by atoms with Gasteiger partial charge in [0.05, 0.1) is 6.54 Å². The normalized spacial score (nSPS) is 18.6. The zero-order chi connectivity index (χ0) is 9.80. The van der Waals surface area contributed by atoms with Crippen molar-refractivity contribution in [3.05, 3.63) is 0 Å². The van der Waals surface area contributed by atoms with Crippen LogP contribution >= 0.6 is 0 Å². The maximum atomic E-state index is 5.56. The molecule has 1 aromatic heterocycles. The molecule has 1 aliphatic rings. The Labute approximate surface area is 83.1 Å². The van der Waals surface area contributed by atoms with Crippen LogP contribution in [0.4, 0.5) is 5.95 Å². The standard InChI is InChI=1S/C8H16N6/c9-8-10-11-12-14(8)7-6-13-4-2-1-3-5-13/h1-7H2,(H2,9,10,12). The summed E-state index contributed by atoms with van der Waals surface area (Å²) in [6.45, 7) is 4.18. The highest BCUT2D eigenvalue weighted by atomic mass is 15.6. The van der Waals surface area contributed by atoms with E-state index in [1.807, 2.05) is 0 Å². The van der Waals surface area contributed by atoms with Gasteiger partial charge in [0.15, 0.2) is 0 Å². The van der Waals surface area contributed by atoms with Crippen LogP contribution in [0.15, 0.2) is 0 Å². The average molecular weight is 196 g/mol.